The number of halogens is 4. The van der Waals surface area contributed by atoms with Gasteiger partial charge in [0, 0.05) is 165 Å². The molecule has 5 fully saturated rings. The highest BCUT2D eigenvalue weighted by Crippen LogP contribution is 2.32. The van der Waals surface area contributed by atoms with Gasteiger partial charge in [-0.05, 0) is 176 Å². The van der Waals surface area contributed by atoms with Gasteiger partial charge in [0.2, 0.25) is 5.03 Å². The first-order valence-electron chi connectivity index (χ1n) is 36.5. The number of nitriles is 3. The number of primary sulfonamides is 3. The number of carbonyl (C=O) groups is 2. The number of para-hydroxylation sites is 2. The Bertz CT molecular complexity index is 4950. The topological polar surface area (TPSA) is 434 Å². The van der Waals surface area contributed by atoms with E-state index < -0.39 is 54.0 Å². The zero-order valence-electron chi connectivity index (χ0n) is 64.4. The molecule has 5 aliphatic rings. The van der Waals surface area contributed by atoms with Crippen LogP contribution < -0.4 is 61.6 Å². The summed E-state index contributed by atoms with van der Waals surface area (Å²) in [4.78, 5) is 49.9. The zero-order valence-corrected chi connectivity index (χ0v) is 67.4. The average Bonchev–Trinajstić information content (AvgIpc) is 0.813. The van der Waals surface area contributed by atoms with Gasteiger partial charge in [-0.1, -0.05) is 51.3 Å². The Balaban J connectivity index is 0.000000321. The van der Waals surface area contributed by atoms with Crippen LogP contribution in [0.2, 0.25) is 0 Å². The molecule has 36 heteroatoms. The summed E-state index contributed by atoms with van der Waals surface area (Å²) < 4.78 is 108. The minimum atomic E-state index is -4.02. The van der Waals surface area contributed by atoms with Crippen molar-refractivity contribution in [2.45, 2.75) is 102 Å². The standard InChI is InChI=1S/C30H35N7O3S.C21H23N3O2.C9H14N4O2S.C5H3BrFN.C5H5FN2O2S.C4H10N2.C2H3N.CH3F.2CH4/c1-21-18-22(2)26(34-24-9-12-35(13-10-24)27-7-4-3-6-23(27)20-31)19-25(21)30(38)37-16-14-36(15-17-37)28-8-5-11-33-29(28)41(32,39)40;1-14-11-15(2)19(12-18(14)21(25)26)23-17-7-9-24(10-8-17)20-6-4-3-5-16(20)13-22;10-16(14,15)9-8(2-1-3-12-9)13-6-4-11-5-7-13;6-5-4(7)2-1-3-8-5;6-4-2-1-3-8-5(4)11(7,9)10;1-2-6-4-3-5-1;1-2-3;1-2;;/h3-8,11,18-19,24,34H,9-10,12-17H2,1-2H3,(H2,32,39,40);3-6,11-12,17,23H,7-10H2,1-2H3,(H,25,26);1-3,11H,4-7H2,(H2,10,14,15);1-3H;1-3H,(H2,7,9,10);5-6H,1-4H2;1H3;1H3;2*1H4/i;;;;;;;1D;;. The maximum absolute atomic E-state index is 13.6. The second kappa shape index (κ2) is 48.1. The molecule has 8 aromatic rings. The monoisotopic (exact) mass is 1710 g/mol. The third-order valence-electron chi connectivity index (χ3n) is 18.1. The van der Waals surface area contributed by atoms with Crippen molar-refractivity contribution in [2.24, 2.45) is 15.4 Å². The molecule has 5 saturated heterocycles. The first-order valence-corrected chi connectivity index (χ1v) is 41.2. The third kappa shape index (κ3) is 29.7. The Hall–Kier alpha value is -10.4. The van der Waals surface area contributed by atoms with Crippen LogP contribution >= 0.6 is 15.9 Å². The van der Waals surface area contributed by atoms with E-state index in [0.29, 0.717) is 65.8 Å². The first kappa shape index (κ1) is 95.2. The van der Waals surface area contributed by atoms with Gasteiger partial charge in [-0.15, -0.1) is 0 Å². The van der Waals surface area contributed by atoms with Crippen molar-refractivity contribution in [3.8, 4) is 18.2 Å². The van der Waals surface area contributed by atoms with Crippen molar-refractivity contribution in [2.75, 3.05) is 142 Å². The highest BCUT2D eigenvalue weighted by Gasteiger charge is 2.30. The van der Waals surface area contributed by atoms with E-state index in [1.165, 1.54) is 37.6 Å². The number of rotatable bonds is 13. The molecule has 29 nitrogen and oxygen atoms in total. The van der Waals surface area contributed by atoms with Gasteiger partial charge in [-0.25, -0.2) is 74.2 Å². The number of carbonyl (C=O) groups excluding carboxylic acids is 1. The van der Waals surface area contributed by atoms with Gasteiger partial charge in [-0.3, -0.25) is 9.18 Å². The number of amides is 1. The Morgan fingerprint density at radius 2 is 0.843 bits per heavy atom. The van der Waals surface area contributed by atoms with Gasteiger partial charge < -0.3 is 56.2 Å². The lowest BCUT2D eigenvalue weighted by atomic mass is 9.99. The summed E-state index contributed by atoms with van der Waals surface area (Å²) in [5, 5.41) is 66.5. The minimum Gasteiger partial charge on any atom is -0.478 e. The van der Waals surface area contributed by atoms with E-state index in [1.54, 1.807) is 42.5 Å². The number of aryl methyl sites for hydroxylation is 4. The number of carboxylic acid groups (broad SMARTS) is 1. The van der Waals surface area contributed by atoms with Crippen molar-refractivity contribution in [1.82, 2.24) is 40.8 Å². The number of hydrogen-bond donors (Lipinski definition) is 9. The largest absolute Gasteiger partial charge is 0.478 e. The minimum absolute atomic E-state index is 0. The molecule has 0 aliphatic carbocycles. The van der Waals surface area contributed by atoms with Crippen LogP contribution in [0.15, 0.2) is 166 Å². The number of benzene rings is 4. The lowest BCUT2D eigenvalue weighted by molar-refractivity contribution is 0.0694. The SMILES string of the molecule is C.C.C1CNCCN1.CC#N.Cc1cc(C)c(C(=O)N2CCN(c3cccnc3S(N)(=O)=O)CC2)cc1NC1CCN(c2ccccc2C#N)CC1.Cc1cc(C)c(C(=O)O)cc1NC1CCN(c2ccccc2C#N)CC1.Fc1cccnc1Br.NS(=O)(=O)c1ncccc1F.NS(=O)(=O)c1ncccc1N1CCNCC1.[2H]CF. The Morgan fingerprint density at radius 1 is 0.504 bits per heavy atom. The van der Waals surface area contributed by atoms with E-state index >= 15 is 0 Å². The molecule has 12 N–H and O–H groups in total. The van der Waals surface area contributed by atoms with Crippen LogP contribution in [0.25, 0.3) is 0 Å². The smallest absolute Gasteiger partial charge is 0.336 e. The second-order valence-corrected chi connectivity index (χ2v) is 31.1. The van der Waals surface area contributed by atoms with Gasteiger partial charge in [0.05, 0.1) is 54.0 Å². The Kier molecular flexibility index (Phi) is 39.8. The molecule has 4 aromatic carbocycles. The molecule has 1 amide bonds. The Morgan fingerprint density at radius 3 is 1.20 bits per heavy atom. The molecule has 9 heterocycles. The molecule has 13 rings (SSSR count). The zero-order chi connectivity index (χ0) is 83.5. The van der Waals surface area contributed by atoms with E-state index in [0.717, 1.165) is 161 Å². The summed E-state index contributed by atoms with van der Waals surface area (Å²) in [6.45, 7) is 22.3. The van der Waals surface area contributed by atoms with Gasteiger partial charge in [0.25, 0.3) is 36.0 Å². The summed E-state index contributed by atoms with van der Waals surface area (Å²) in [6, 6.07) is 41.9. The fourth-order valence-electron chi connectivity index (χ4n) is 12.6. The van der Waals surface area contributed by atoms with Crippen LogP contribution in [0.1, 0.15) is 103 Å². The van der Waals surface area contributed by atoms with E-state index in [4.69, 9.17) is 16.9 Å². The molecule has 0 saturated carbocycles. The fraction of sp³-hybridized carbons (Fsp3) is 0.380. The van der Waals surface area contributed by atoms with Crippen LogP contribution in [-0.2, 0) is 30.1 Å². The number of aromatic nitrogens is 4. The molecular formula is C79H104BrF3N20O9S3. The van der Waals surface area contributed by atoms with E-state index in [1.807, 2.05) is 96.1 Å². The van der Waals surface area contributed by atoms with Gasteiger partial charge in [0.1, 0.15) is 16.7 Å². The van der Waals surface area contributed by atoms with Crippen LogP contribution in [0.4, 0.5) is 47.3 Å². The van der Waals surface area contributed by atoms with Crippen molar-refractivity contribution in [1.29, 1.82) is 15.8 Å². The molecule has 5 aliphatic heterocycles. The van der Waals surface area contributed by atoms with Gasteiger partial charge in [-0.2, -0.15) is 15.8 Å². The van der Waals surface area contributed by atoms with Crippen molar-refractivity contribution < 1.29 is 54.5 Å². The number of piperazine rings is 3. The van der Waals surface area contributed by atoms with E-state index in [-0.39, 0.29) is 47.3 Å². The number of nitrogens with one attached hydrogen (secondary N) is 5. The maximum atomic E-state index is 13.6. The molecule has 4 aromatic heterocycles. The fourth-order valence-corrected chi connectivity index (χ4v) is 14.8. The number of nitrogens with zero attached hydrogens (tertiary/aromatic N) is 12. The number of alkyl halides is 1. The predicted octanol–water partition coefficient (Wildman–Crippen LogP) is 9.77. The summed E-state index contributed by atoms with van der Waals surface area (Å²) in [5.74, 6) is -2.19. The molecule has 0 spiro atoms. The van der Waals surface area contributed by atoms with Gasteiger partial charge in [0.15, 0.2) is 21.7 Å². The summed E-state index contributed by atoms with van der Waals surface area (Å²) in [6.07, 6.45) is 9.25. The molecule has 0 bridgehead atoms. The summed E-state index contributed by atoms with van der Waals surface area (Å²) in [5.41, 5.74) is 11.2. The number of nitrogens with two attached hydrogens (primary N) is 3. The quantitative estimate of drug-likeness (QED) is 0.0485. The summed E-state index contributed by atoms with van der Waals surface area (Å²) >= 11 is 2.91. The van der Waals surface area contributed by atoms with Crippen LogP contribution in [-0.4, -0.2) is 191 Å². The van der Waals surface area contributed by atoms with Crippen molar-refractivity contribution in [3.63, 3.8) is 0 Å². The predicted molar refractivity (Wildman–Crippen MR) is 448 cm³/mol. The van der Waals surface area contributed by atoms with Crippen LogP contribution in [0, 0.1) is 73.3 Å². The number of hydrogen-bond acceptors (Lipinski definition) is 24. The summed E-state index contributed by atoms with van der Waals surface area (Å²) in [7, 11) is -12.7. The number of carboxylic acids is 1. The normalized spacial score (nSPS) is 14.8. The van der Waals surface area contributed by atoms with Gasteiger partial charge >= 0.3 is 5.97 Å². The number of aromatic carboxylic acids is 1. The number of piperidine rings is 2. The number of pyridine rings is 4. The number of anilines is 6. The van der Waals surface area contributed by atoms with Crippen molar-refractivity contribution in [3.05, 3.63) is 207 Å². The highest BCUT2D eigenvalue weighted by atomic mass is 79.9. The maximum Gasteiger partial charge on any atom is 0.336 e. The molecule has 0 unspecified atom stereocenters. The highest BCUT2D eigenvalue weighted by molar-refractivity contribution is 9.10. The van der Waals surface area contributed by atoms with Crippen LogP contribution in [0.3, 0.4) is 0 Å². The van der Waals surface area contributed by atoms with E-state index in [9.17, 15) is 63.6 Å². The van der Waals surface area contributed by atoms with Crippen LogP contribution in [0.5, 0.6) is 0 Å². The number of sulfonamides is 3. The molecular weight excluding hydrogens is 1610 g/mol. The average molecular weight is 1710 g/mol. The second-order valence-electron chi connectivity index (χ2n) is 25.9. The van der Waals surface area contributed by atoms with E-state index in [2.05, 4.69) is 103 Å². The molecule has 620 valence electrons. The molecule has 0 atom stereocenters. The third-order valence-corrected chi connectivity index (χ3v) is 21.2. The molecule has 0 radical (unpaired) electrons. The lowest BCUT2D eigenvalue weighted by Crippen LogP contribution is -2.49. The first-order chi connectivity index (χ1) is 54.4. The van der Waals surface area contributed by atoms with Crippen molar-refractivity contribution >= 4 is 92.0 Å². The molecule has 115 heavy (non-hydrogen) atoms. The Labute approximate surface area is 683 Å². The lowest BCUT2D eigenvalue weighted by Gasteiger charge is -2.37.